The zero-order valence-electron chi connectivity index (χ0n) is 19.0. The van der Waals surface area contributed by atoms with E-state index in [1.165, 1.54) is 10.2 Å². The van der Waals surface area contributed by atoms with Gasteiger partial charge in [-0.3, -0.25) is 9.59 Å². The van der Waals surface area contributed by atoms with E-state index < -0.39 is 0 Å². The normalized spacial score (nSPS) is 10.8. The molecular formula is C27H28N4O2. The number of anilines is 1. The fraction of sp³-hybridized carbons (Fsp3) is 0.222. The quantitative estimate of drug-likeness (QED) is 0.423. The summed E-state index contributed by atoms with van der Waals surface area (Å²) in [5.74, 6) is -0.268. The number of rotatable bonds is 8. The molecule has 1 aromatic heterocycles. The van der Waals surface area contributed by atoms with Gasteiger partial charge in [0.2, 0.25) is 0 Å². The third-order valence-corrected chi connectivity index (χ3v) is 5.64. The van der Waals surface area contributed by atoms with Gasteiger partial charge in [-0.25, -0.2) is 4.68 Å². The lowest BCUT2D eigenvalue weighted by atomic mass is 10.1. The van der Waals surface area contributed by atoms with Crippen LogP contribution in [0, 0.1) is 0 Å². The first kappa shape index (κ1) is 22.3. The van der Waals surface area contributed by atoms with E-state index in [1.807, 2.05) is 50.5 Å². The molecule has 3 aromatic carbocycles. The molecule has 0 atom stereocenters. The largest absolute Gasteiger partial charge is 0.378 e. The molecule has 33 heavy (non-hydrogen) atoms. The highest BCUT2D eigenvalue weighted by molar-refractivity contribution is 6.04. The number of carbonyl (C=O) groups is 1. The van der Waals surface area contributed by atoms with E-state index in [0.717, 1.165) is 24.1 Å². The molecule has 1 N–H and O–H groups in total. The molecule has 0 spiro atoms. The van der Waals surface area contributed by atoms with Gasteiger partial charge < -0.3 is 10.2 Å². The number of fused-ring (bicyclic) bond motifs is 1. The monoisotopic (exact) mass is 440 g/mol. The number of aryl methyl sites for hydroxylation is 1. The standard InChI is InChI=1S/C27H28N4O2/c1-30(2)22-16-14-20(15-17-22)11-8-18-28-26(32)25-23-12-6-7-13-24(23)27(33)31(29-25)19-21-9-4-3-5-10-21/h3-7,9-10,12-17H,8,11,18-19H2,1-2H3,(H,28,32). The predicted molar refractivity (Wildman–Crippen MR) is 133 cm³/mol. The van der Waals surface area contributed by atoms with Crippen LogP contribution < -0.4 is 15.8 Å². The summed E-state index contributed by atoms with van der Waals surface area (Å²) in [6.07, 6.45) is 1.68. The number of nitrogens with zero attached hydrogens (tertiary/aromatic N) is 3. The fourth-order valence-electron chi connectivity index (χ4n) is 3.81. The van der Waals surface area contributed by atoms with Gasteiger partial charge in [0.15, 0.2) is 5.69 Å². The molecule has 0 fully saturated rings. The summed E-state index contributed by atoms with van der Waals surface area (Å²) in [6.45, 7) is 0.843. The first-order valence-corrected chi connectivity index (χ1v) is 11.1. The maximum absolute atomic E-state index is 13.0. The molecule has 6 heteroatoms. The maximum atomic E-state index is 13.0. The van der Waals surface area contributed by atoms with E-state index in [-0.39, 0.29) is 17.2 Å². The molecule has 0 saturated carbocycles. The molecule has 1 amide bonds. The van der Waals surface area contributed by atoms with Crippen LogP contribution in [0.2, 0.25) is 0 Å². The Morgan fingerprint density at radius 3 is 2.24 bits per heavy atom. The van der Waals surface area contributed by atoms with Gasteiger partial charge in [0.1, 0.15) is 0 Å². The van der Waals surface area contributed by atoms with Gasteiger partial charge in [-0.05, 0) is 42.2 Å². The number of hydrogen-bond acceptors (Lipinski definition) is 4. The minimum absolute atomic E-state index is 0.202. The SMILES string of the molecule is CN(C)c1ccc(CCCNC(=O)c2nn(Cc3ccccc3)c(=O)c3ccccc23)cc1. The Morgan fingerprint density at radius 1 is 0.879 bits per heavy atom. The average molecular weight is 441 g/mol. The molecule has 0 aliphatic rings. The van der Waals surface area contributed by atoms with Crippen LogP contribution in [0.1, 0.15) is 28.0 Å². The van der Waals surface area contributed by atoms with E-state index in [2.05, 4.69) is 39.6 Å². The number of hydrogen-bond donors (Lipinski definition) is 1. The van der Waals surface area contributed by atoms with Crippen LogP contribution in [-0.2, 0) is 13.0 Å². The predicted octanol–water partition coefficient (Wildman–Crippen LogP) is 3.87. The minimum Gasteiger partial charge on any atom is -0.378 e. The van der Waals surface area contributed by atoms with Gasteiger partial charge in [-0.2, -0.15) is 5.10 Å². The third kappa shape index (κ3) is 5.29. The summed E-state index contributed by atoms with van der Waals surface area (Å²) < 4.78 is 1.37. The van der Waals surface area contributed by atoms with Crippen LogP contribution in [0.4, 0.5) is 5.69 Å². The molecule has 6 nitrogen and oxygen atoms in total. The van der Waals surface area contributed by atoms with Gasteiger partial charge in [-0.1, -0.05) is 60.7 Å². The number of nitrogens with one attached hydrogen (secondary N) is 1. The van der Waals surface area contributed by atoms with E-state index in [1.54, 1.807) is 18.2 Å². The summed E-state index contributed by atoms with van der Waals surface area (Å²) in [4.78, 5) is 28.0. The lowest BCUT2D eigenvalue weighted by Gasteiger charge is -2.13. The summed E-state index contributed by atoms with van der Waals surface area (Å²) in [5, 5.41) is 8.49. The molecule has 4 rings (SSSR count). The van der Waals surface area contributed by atoms with E-state index in [9.17, 15) is 9.59 Å². The van der Waals surface area contributed by atoms with Crippen LogP contribution in [-0.4, -0.2) is 36.3 Å². The van der Waals surface area contributed by atoms with Crippen molar-refractivity contribution in [3.05, 3.63) is 106 Å². The van der Waals surface area contributed by atoms with Gasteiger partial charge in [0.25, 0.3) is 11.5 Å². The number of aromatic nitrogens is 2. The lowest BCUT2D eigenvalue weighted by molar-refractivity contribution is 0.0948. The maximum Gasteiger partial charge on any atom is 0.274 e. The summed E-state index contributed by atoms with van der Waals surface area (Å²) in [5.41, 5.74) is 3.42. The van der Waals surface area contributed by atoms with Crippen LogP contribution in [0.3, 0.4) is 0 Å². The van der Waals surface area contributed by atoms with Crippen molar-refractivity contribution in [3.8, 4) is 0 Å². The smallest absolute Gasteiger partial charge is 0.274 e. The van der Waals surface area contributed by atoms with Crippen LogP contribution in [0.15, 0.2) is 83.7 Å². The molecular weight excluding hydrogens is 412 g/mol. The van der Waals surface area contributed by atoms with Crippen LogP contribution in [0.25, 0.3) is 10.8 Å². The van der Waals surface area contributed by atoms with Crippen molar-refractivity contribution in [2.45, 2.75) is 19.4 Å². The van der Waals surface area contributed by atoms with Crippen molar-refractivity contribution in [1.82, 2.24) is 15.1 Å². The molecule has 0 aliphatic carbocycles. The first-order valence-electron chi connectivity index (χ1n) is 11.1. The molecule has 168 valence electrons. The molecule has 0 radical (unpaired) electrons. The van der Waals surface area contributed by atoms with E-state index in [0.29, 0.717) is 23.9 Å². The topological polar surface area (TPSA) is 67.2 Å². The molecule has 1 heterocycles. The summed E-state index contributed by atoms with van der Waals surface area (Å²) in [7, 11) is 4.04. The van der Waals surface area contributed by atoms with Gasteiger partial charge in [-0.15, -0.1) is 0 Å². The van der Waals surface area contributed by atoms with Gasteiger partial charge in [0, 0.05) is 31.7 Å². The Balaban J connectivity index is 1.47. The Labute approximate surface area is 193 Å². The van der Waals surface area contributed by atoms with Crippen LogP contribution >= 0.6 is 0 Å². The number of benzene rings is 3. The Hall–Kier alpha value is -3.93. The summed E-state index contributed by atoms with van der Waals surface area (Å²) in [6, 6.07) is 25.2. The number of amides is 1. The number of carbonyl (C=O) groups excluding carboxylic acids is 1. The second-order valence-corrected chi connectivity index (χ2v) is 8.26. The van der Waals surface area contributed by atoms with Crippen molar-refractivity contribution < 1.29 is 4.79 Å². The Morgan fingerprint density at radius 2 is 1.55 bits per heavy atom. The minimum atomic E-state index is -0.268. The second-order valence-electron chi connectivity index (χ2n) is 8.26. The zero-order chi connectivity index (χ0) is 23.2. The van der Waals surface area contributed by atoms with Crippen molar-refractivity contribution in [1.29, 1.82) is 0 Å². The Kier molecular flexibility index (Phi) is 6.83. The van der Waals surface area contributed by atoms with Crippen molar-refractivity contribution >= 4 is 22.4 Å². The van der Waals surface area contributed by atoms with Crippen molar-refractivity contribution in [2.75, 3.05) is 25.5 Å². The van der Waals surface area contributed by atoms with Crippen molar-refractivity contribution in [2.24, 2.45) is 0 Å². The van der Waals surface area contributed by atoms with E-state index in [4.69, 9.17) is 0 Å². The highest BCUT2D eigenvalue weighted by atomic mass is 16.2. The highest BCUT2D eigenvalue weighted by Gasteiger charge is 2.16. The van der Waals surface area contributed by atoms with E-state index >= 15 is 0 Å². The van der Waals surface area contributed by atoms with Crippen molar-refractivity contribution in [3.63, 3.8) is 0 Å². The first-order chi connectivity index (χ1) is 16.0. The second kappa shape index (κ2) is 10.1. The van der Waals surface area contributed by atoms with Crippen LogP contribution in [0.5, 0.6) is 0 Å². The molecule has 0 unspecified atom stereocenters. The van der Waals surface area contributed by atoms with Gasteiger partial charge in [0.05, 0.1) is 11.9 Å². The molecule has 0 bridgehead atoms. The third-order valence-electron chi connectivity index (χ3n) is 5.64. The van der Waals surface area contributed by atoms with Gasteiger partial charge >= 0.3 is 0 Å². The average Bonchev–Trinajstić information content (AvgIpc) is 2.84. The fourth-order valence-corrected chi connectivity index (χ4v) is 3.81. The Bertz CT molecular complexity index is 1300. The molecule has 0 saturated heterocycles. The molecule has 4 aromatic rings. The highest BCUT2D eigenvalue weighted by Crippen LogP contribution is 2.15. The summed E-state index contributed by atoms with van der Waals surface area (Å²) >= 11 is 0. The lowest BCUT2D eigenvalue weighted by Crippen LogP contribution is -2.31. The molecule has 0 aliphatic heterocycles. The zero-order valence-corrected chi connectivity index (χ0v) is 19.0.